The summed E-state index contributed by atoms with van der Waals surface area (Å²) in [6.45, 7) is 2.69. The van der Waals surface area contributed by atoms with Gasteiger partial charge in [-0.05, 0) is 36.8 Å². The number of aromatic nitrogens is 2. The average Bonchev–Trinajstić information content (AvgIpc) is 2.62. The zero-order chi connectivity index (χ0) is 17.6. The van der Waals surface area contributed by atoms with Crippen LogP contribution in [-0.2, 0) is 6.54 Å². The van der Waals surface area contributed by atoms with E-state index in [4.69, 9.17) is 0 Å². The average molecular weight is 397 g/mol. The standard InChI is InChI=1S/C19H17BrN4O/c1-13-3-2-4-14(9-13)10-21-19-22-11-15(12-23-19)18(25)24-17-7-5-16(20)6-8-17/h2-9,11-12H,10H2,1H3,(H,24,25)(H,21,22,23). The molecule has 126 valence electrons. The van der Waals surface area contributed by atoms with Crippen LogP contribution in [0, 0.1) is 6.92 Å². The van der Waals surface area contributed by atoms with Gasteiger partial charge >= 0.3 is 0 Å². The first-order chi connectivity index (χ1) is 12.1. The van der Waals surface area contributed by atoms with Gasteiger partial charge in [0, 0.05) is 29.1 Å². The van der Waals surface area contributed by atoms with Gasteiger partial charge in [-0.3, -0.25) is 4.79 Å². The number of rotatable bonds is 5. The number of carbonyl (C=O) groups excluding carboxylic acids is 1. The largest absolute Gasteiger partial charge is 0.350 e. The van der Waals surface area contributed by atoms with Crippen molar-refractivity contribution < 1.29 is 4.79 Å². The first kappa shape index (κ1) is 17.1. The summed E-state index contributed by atoms with van der Waals surface area (Å²) in [6.07, 6.45) is 3.03. The van der Waals surface area contributed by atoms with Crippen molar-refractivity contribution in [3.63, 3.8) is 0 Å². The smallest absolute Gasteiger partial charge is 0.258 e. The van der Waals surface area contributed by atoms with Crippen molar-refractivity contribution in [3.8, 4) is 0 Å². The zero-order valence-corrected chi connectivity index (χ0v) is 15.2. The highest BCUT2D eigenvalue weighted by Crippen LogP contribution is 2.15. The maximum atomic E-state index is 12.2. The minimum absolute atomic E-state index is 0.243. The van der Waals surface area contributed by atoms with Gasteiger partial charge in [0.1, 0.15) is 0 Å². The van der Waals surface area contributed by atoms with Crippen LogP contribution in [0.1, 0.15) is 21.5 Å². The van der Waals surface area contributed by atoms with Crippen molar-refractivity contribution in [1.29, 1.82) is 0 Å². The SMILES string of the molecule is Cc1cccc(CNc2ncc(C(=O)Nc3ccc(Br)cc3)cn2)c1. The summed E-state index contributed by atoms with van der Waals surface area (Å²) in [4.78, 5) is 20.6. The molecule has 1 aromatic heterocycles. The third-order valence-corrected chi connectivity index (χ3v) is 4.08. The molecule has 0 aliphatic rings. The monoisotopic (exact) mass is 396 g/mol. The predicted octanol–water partition coefficient (Wildman–Crippen LogP) is 4.41. The first-order valence-corrected chi connectivity index (χ1v) is 8.58. The summed E-state index contributed by atoms with van der Waals surface area (Å²) in [5.74, 6) is 0.245. The van der Waals surface area contributed by atoms with Crippen LogP contribution in [0.25, 0.3) is 0 Å². The number of nitrogens with one attached hydrogen (secondary N) is 2. The normalized spacial score (nSPS) is 10.3. The van der Waals surface area contributed by atoms with Crippen molar-refractivity contribution in [2.75, 3.05) is 10.6 Å². The summed E-state index contributed by atoms with van der Waals surface area (Å²) in [6, 6.07) is 15.6. The van der Waals surface area contributed by atoms with Crippen molar-refractivity contribution >= 4 is 33.5 Å². The van der Waals surface area contributed by atoms with Gasteiger partial charge in [0.15, 0.2) is 0 Å². The second-order valence-electron chi connectivity index (χ2n) is 5.60. The van der Waals surface area contributed by atoms with Gasteiger partial charge in [0.25, 0.3) is 5.91 Å². The molecule has 5 nitrogen and oxygen atoms in total. The van der Waals surface area contributed by atoms with Crippen LogP contribution in [0.15, 0.2) is 65.4 Å². The summed E-state index contributed by atoms with van der Waals surface area (Å²) in [5, 5.41) is 5.96. The van der Waals surface area contributed by atoms with Crippen LogP contribution in [0.3, 0.4) is 0 Å². The second-order valence-corrected chi connectivity index (χ2v) is 6.51. The van der Waals surface area contributed by atoms with E-state index in [0.717, 1.165) is 15.7 Å². The van der Waals surface area contributed by atoms with E-state index < -0.39 is 0 Å². The van der Waals surface area contributed by atoms with Crippen LogP contribution >= 0.6 is 15.9 Å². The maximum absolute atomic E-state index is 12.2. The number of carbonyl (C=O) groups is 1. The Morgan fingerprint density at radius 2 is 1.80 bits per heavy atom. The summed E-state index contributed by atoms with van der Waals surface area (Å²) >= 11 is 3.36. The van der Waals surface area contributed by atoms with Crippen LogP contribution in [0.2, 0.25) is 0 Å². The van der Waals surface area contributed by atoms with E-state index in [2.05, 4.69) is 55.6 Å². The Balaban J connectivity index is 1.59. The van der Waals surface area contributed by atoms with Gasteiger partial charge in [0.2, 0.25) is 5.95 Å². The number of hydrogen-bond acceptors (Lipinski definition) is 4. The van der Waals surface area contributed by atoms with E-state index in [1.165, 1.54) is 18.0 Å². The summed E-state index contributed by atoms with van der Waals surface area (Å²) in [5.41, 5.74) is 3.49. The topological polar surface area (TPSA) is 66.9 Å². The lowest BCUT2D eigenvalue weighted by atomic mass is 10.1. The lowest BCUT2D eigenvalue weighted by molar-refractivity contribution is 0.102. The molecule has 0 bridgehead atoms. The number of benzene rings is 2. The molecule has 0 saturated heterocycles. The molecule has 0 radical (unpaired) electrons. The number of amides is 1. The molecule has 0 spiro atoms. The third-order valence-electron chi connectivity index (χ3n) is 3.55. The highest BCUT2D eigenvalue weighted by Gasteiger charge is 2.08. The molecular weight excluding hydrogens is 380 g/mol. The predicted molar refractivity (Wildman–Crippen MR) is 103 cm³/mol. The van der Waals surface area contributed by atoms with Crippen LogP contribution in [-0.4, -0.2) is 15.9 Å². The highest BCUT2D eigenvalue weighted by molar-refractivity contribution is 9.10. The molecule has 2 aromatic carbocycles. The molecule has 0 atom stereocenters. The van der Waals surface area contributed by atoms with Crippen molar-refractivity contribution in [2.45, 2.75) is 13.5 Å². The van der Waals surface area contributed by atoms with Crippen LogP contribution in [0.4, 0.5) is 11.6 Å². The zero-order valence-electron chi connectivity index (χ0n) is 13.7. The molecule has 25 heavy (non-hydrogen) atoms. The Morgan fingerprint density at radius 1 is 1.08 bits per heavy atom. The molecular formula is C19H17BrN4O. The van der Waals surface area contributed by atoms with E-state index in [0.29, 0.717) is 18.1 Å². The molecule has 3 aromatic rings. The number of hydrogen-bond donors (Lipinski definition) is 2. The fourth-order valence-corrected chi connectivity index (χ4v) is 2.54. The molecule has 1 amide bonds. The molecule has 2 N–H and O–H groups in total. The number of halogens is 1. The van der Waals surface area contributed by atoms with Gasteiger partial charge < -0.3 is 10.6 Å². The van der Waals surface area contributed by atoms with Gasteiger partial charge in [-0.2, -0.15) is 0 Å². The fraction of sp³-hybridized carbons (Fsp3) is 0.105. The van der Waals surface area contributed by atoms with E-state index in [9.17, 15) is 4.79 Å². The quantitative estimate of drug-likeness (QED) is 0.669. The molecule has 0 fully saturated rings. The van der Waals surface area contributed by atoms with Crippen molar-refractivity contribution in [1.82, 2.24) is 9.97 Å². The van der Waals surface area contributed by atoms with Crippen LogP contribution in [0.5, 0.6) is 0 Å². The van der Waals surface area contributed by atoms with E-state index in [1.807, 2.05) is 36.4 Å². The first-order valence-electron chi connectivity index (χ1n) is 7.78. The fourth-order valence-electron chi connectivity index (χ4n) is 2.28. The minimum atomic E-state index is -0.243. The molecule has 0 aliphatic carbocycles. The van der Waals surface area contributed by atoms with Crippen molar-refractivity contribution in [3.05, 3.63) is 82.1 Å². The van der Waals surface area contributed by atoms with Gasteiger partial charge in [0.05, 0.1) is 5.56 Å². The van der Waals surface area contributed by atoms with E-state index in [-0.39, 0.29) is 5.91 Å². The molecule has 0 aliphatic heterocycles. The molecule has 0 unspecified atom stereocenters. The minimum Gasteiger partial charge on any atom is -0.350 e. The Morgan fingerprint density at radius 3 is 2.48 bits per heavy atom. The maximum Gasteiger partial charge on any atom is 0.258 e. The molecule has 1 heterocycles. The number of nitrogens with zero attached hydrogens (tertiary/aromatic N) is 2. The molecule has 0 saturated carbocycles. The van der Waals surface area contributed by atoms with E-state index in [1.54, 1.807) is 0 Å². The van der Waals surface area contributed by atoms with Crippen LogP contribution < -0.4 is 10.6 Å². The van der Waals surface area contributed by atoms with Gasteiger partial charge in [-0.15, -0.1) is 0 Å². The second kappa shape index (κ2) is 7.90. The van der Waals surface area contributed by atoms with Crippen molar-refractivity contribution in [2.24, 2.45) is 0 Å². The Labute approximate surface area is 154 Å². The Hall–Kier alpha value is -2.73. The Bertz CT molecular complexity index is 863. The summed E-state index contributed by atoms with van der Waals surface area (Å²) in [7, 11) is 0. The lowest BCUT2D eigenvalue weighted by Crippen LogP contribution is -2.13. The summed E-state index contributed by atoms with van der Waals surface area (Å²) < 4.78 is 0.956. The molecule has 6 heteroatoms. The number of aryl methyl sites for hydroxylation is 1. The van der Waals surface area contributed by atoms with E-state index >= 15 is 0 Å². The van der Waals surface area contributed by atoms with Gasteiger partial charge in [-0.1, -0.05) is 45.8 Å². The lowest BCUT2D eigenvalue weighted by Gasteiger charge is -2.07. The van der Waals surface area contributed by atoms with Gasteiger partial charge in [-0.25, -0.2) is 9.97 Å². The highest BCUT2D eigenvalue weighted by atomic mass is 79.9. The number of anilines is 2. The molecule has 3 rings (SSSR count). The Kier molecular flexibility index (Phi) is 5.40. The third kappa shape index (κ3) is 4.87.